The standard InChI is InChI=1S/C22H32N6O5S/c1-3-32-19-6-4-18(5-7-19)22-23-20(33-24-22)8-9-21(29)26-12-16-28(17-13-26)34(30,31)27-14-10-25(2)11-15-27/h4-7H,3,8-17H2,1-2H3. The lowest BCUT2D eigenvalue weighted by molar-refractivity contribution is -0.132. The number of rotatable bonds is 8. The first-order chi connectivity index (χ1) is 16.4. The second-order valence-electron chi connectivity index (χ2n) is 8.46. The highest BCUT2D eigenvalue weighted by Crippen LogP contribution is 2.21. The van der Waals surface area contributed by atoms with Gasteiger partial charge in [0, 0.05) is 70.8 Å². The normalized spacial score (nSPS) is 18.8. The zero-order valence-corrected chi connectivity index (χ0v) is 20.5. The van der Waals surface area contributed by atoms with Crippen LogP contribution in [-0.2, 0) is 21.4 Å². The zero-order chi connectivity index (χ0) is 24.1. The Morgan fingerprint density at radius 1 is 1.00 bits per heavy atom. The summed E-state index contributed by atoms with van der Waals surface area (Å²) < 4.78 is 39.6. The van der Waals surface area contributed by atoms with Crippen molar-refractivity contribution in [2.45, 2.75) is 19.8 Å². The minimum Gasteiger partial charge on any atom is -0.494 e. The van der Waals surface area contributed by atoms with Gasteiger partial charge in [-0.05, 0) is 38.2 Å². The van der Waals surface area contributed by atoms with Gasteiger partial charge in [0.15, 0.2) is 0 Å². The molecule has 2 aromatic rings. The number of nitrogens with zero attached hydrogens (tertiary/aromatic N) is 6. The highest BCUT2D eigenvalue weighted by molar-refractivity contribution is 7.86. The molecule has 0 radical (unpaired) electrons. The molecule has 3 heterocycles. The minimum absolute atomic E-state index is 0.0440. The molecule has 0 spiro atoms. The van der Waals surface area contributed by atoms with Crippen molar-refractivity contribution in [3.05, 3.63) is 30.2 Å². The first kappa shape index (κ1) is 24.6. The number of likely N-dealkylation sites (N-methyl/N-ethyl adjacent to an activating group) is 1. The molecule has 0 atom stereocenters. The van der Waals surface area contributed by atoms with Crippen molar-refractivity contribution < 1.29 is 22.5 Å². The molecule has 186 valence electrons. The Balaban J connectivity index is 1.25. The maximum Gasteiger partial charge on any atom is 0.282 e. The lowest BCUT2D eigenvalue weighted by Crippen LogP contribution is -2.57. The molecule has 0 aliphatic carbocycles. The second-order valence-corrected chi connectivity index (χ2v) is 10.4. The van der Waals surface area contributed by atoms with Crippen LogP contribution < -0.4 is 4.74 Å². The number of piperazine rings is 2. The minimum atomic E-state index is -3.48. The number of amides is 1. The van der Waals surface area contributed by atoms with Gasteiger partial charge < -0.3 is 19.1 Å². The van der Waals surface area contributed by atoms with Crippen molar-refractivity contribution >= 4 is 16.1 Å². The lowest BCUT2D eigenvalue weighted by atomic mass is 10.2. The van der Waals surface area contributed by atoms with Gasteiger partial charge in [0.2, 0.25) is 17.6 Å². The van der Waals surface area contributed by atoms with Crippen LogP contribution in [0.25, 0.3) is 11.4 Å². The molecule has 34 heavy (non-hydrogen) atoms. The Morgan fingerprint density at radius 3 is 2.24 bits per heavy atom. The summed E-state index contributed by atoms with van der Waals surface area (Å²) in [4.78, 5) is 20.9. The third-order valence-electron chi connectivity index (χ3n) is 6.15. The van der Waals surface area contributed by atoms with Gasteiger partial charge in [0.25, 0.3) is 10.2 Å². The van der Waals surface area contributed by atoms with Crippen molar-refractivity contribution in [2.24, 2.45) is 0 Å². The summed E-state index contributed by atoms with van der Waals surface area (Å²) in [6, 6.07) is 7.42. The van der Waals surface area contributed by atoms with E-state index < -0.39 is 10.2 Å². The van der Waals surface area contributed by atoms with Crippen molar-refractivity contribution in [1.29, 1.82) is 0 Å². The van der Waals surface area contributed by atoms with Crippen LogP contribution in [0.3, 0.4) is 0 Å². The monoisotopic (exact) mass is 492 g/mol. The van der Waals surface area contributed by atoms with Gasteiger partial charge >= 0.3 is 0 Å². The van der Waals surface area contributed by atoms with Crippen molar-refractivity contribution in [3.8, 4) is 17.1 Å². The van der Waals surface area contributed by atoms with Gasteiger partial charge in [-0.25, -0.2) is 0 Å². The maximum atomic E-state index is 12.9. The van der Waals surface area contributed by atoms with Crippen LogP contribution in [0, 0.1) is 0 Å². The second kappa shape index (κ2) is 10.8. The fraction of sp³-hybridized carbons (Fsp3) is 0.591. The molecule has 0 N–H and O–H groups in total. The van der Waals surface area contributed by atoms with Crippen LogP contribution in [0.2, 0.25) is 0 Å². The molecule has 1 aromatic heterocycles. The predicted octanol–water partition coefficient (Wildman–Crippen LogP) is 0.704. The average Bonchev–Trinajstić information content (AvgIpc) is 3.33. The lowest BCUT2D eigenvalue weighted by Gasteiger charge is -2.39. The fourth-order valence-electron chi connectivity index (χ4n) is 4.06. The molecule has 0 saturated carbocycles. The smallest absolute Gasteiger partial charge is 0.282 e. The average molecular weight is 493 g/mol. The topological polar surface area (TPSA) is 112 Å². The number of hydrogen-bond donors (Lipinski definition) is 0. The highest BCUT2D eigenvalue weighted by atomic mass is 32.2. The van der Waals surface area contributed by atoms with Gasteiger partial charge in [0.1, 0.15) is 5.75 Å². The first-order valence-corrected chi connectivity index (χ1v) is 13.0. The quantitative estimate of drug-likeness (QED) is 0.530. The summed E-state index contributed by atoms with van der Waals surface area (Å²) in [5, 5.41) is 4.01. The summed E-state index contributed by atoms with van der Waals surface area (Å²) in [7, 11) is -1.49. The molecule has 2 saturated heterocycles. The maximum absolute atomic E-state index is 12.9. The van der Waals surface area contributed by atoms with E-state index in [1.165, 1.54) is 4.31 Å². The number of carbonyl (C=O) groups excluding carboxylic acids is 1. The Morgan fingerprint density at radius 2 is 1.62 bits per heavy atom. The molecule has 2 aliphatic heterocycles. The van der Waals surface area contributed by atoms with E-state index in [1.807, 2.05) is 38.2 Å². The fourth-order valence-corrected chi connectivity index (χ4v) is 5.64. The molecular weight excluding hydrogens is 460 g/mol. The van der Waals surface area contributed by atoms with Gasteiger partial charge in [-0.3, -0.25) is 4.79 Å². The van der Waals surface area contributed by atoms with E-state index >= 15 is 0 Å². The van der Waals surface area contributed by atoms with E-state index in [9.17, 15) is 13.2 Å². The summed E-state index contributed by atoms with van der Waals surface area (Å²) in [5.74, 6) is 1.59. The van der Waals surface area contributed by atoms with Gasteiger partial charge in [-0.15, -0.1) is 0 Å². The predicted molar refractivity (Wildman–Crippen MR) is 125 cm³/mol. The van der Waals surface area contributed by atoms with Crippen LogP contribution in [0.15, 0.2) is 28.8 Å². The first-order valence-electron chi connectivity index (χ1n) is 11.6. The molecular formula is C22H32N6O5S. The van der Waals surface area contributed by atoms with Crippen LogP contribution in [-0.4, -0.2) is 109 Å². The van der Waals surface area contributed by atoms with Crippen molar-refractivity contribution in [1.82, 2.24) is 28.6 Å². The van der Waals surface area contributed by atoms with Crippen LogP contribution in [0.1, 0.15) is 19.2 Å². The Kier molecular flexibility index (Phi) is 7.81. The van der Waals surface area contributed by atoms with E-state index in [4.69, 9.17) is 9.26 Å². The van der Waals surface area contributed by atoms with Crippen LogP contribution >= 0.6 is 0 Å². The Bertz CT molecular complexity index is 1060. The highest BCUT2D eigenvalue weighted by Gasteiger charge is 2.34. The molecule has 0 unspecified atom stereocenters. The van der Waals surface area contributed by atoms with Gasteiger partial charge in [-0.2, -0.15) is 22.0 Å². The Labute approximate surface area is 200 Å². The van der Waals surface area contributed by atoms with Crippen molar-refractivity contribution in [3.63, 3.8) is 0 Å². The molecule has 1 amide bonds. The summed E-state index contributed by atoms with van der Waals surface area (Å²) in [6.07, 6.45) is 0.568. The molecule has 1 aromatic carbocycles. The van der Waals surface area contributed by atoms with E-state index in [0.29, 0.717) is 64.0 Å². The number of hydrogen-bond acceptors (Lipinski definition) is 8. The third kappa shape index (κ3) is 5.74. The summed E-state index contributed by atoms with van der Waals surface area (Å²) >= 11 is 0. The number of ether oxygens (including phenoxy) is 1. The number of aryl methyl sites for hydroxylation is 1. The van der Waals surface area contributed by atoms with E-state index in [0.717, 1.165) is 24.4 Å². The molecule has 11 nitrogen and oxygen atoms in total. The SMILES string of the molecule is CCOc1ccc(-c2noc(CCC(=O)N3CCN(S(=O)(=O)N4CCN(C)CC4)CC3)n2)cc1. The zero-order valence-electron chi connectivity index (χ0n) is 19.7. The van der Waals surface area contributed by atoms with Crippen LogP contribution in [0.4, 0.5) is 0 Å². The van der Waals surface area contributed by atoms with E-state index in [-0.39, 0.29) is 12.3 Å². The number of aromatic nitrogens is 2. The Hall–Kier alpha value is -2.54. The molecule has 12 heteroatoms. The van der Waals surface area contributed by atoms with Crippen LogP contribution in [0.5, 0.6) is 5.75 Å². The van der Waals surface area contributed by atoms with Gasteiger partial charge in [-0.1, -0.05) is 5.16 Å². The van der Waals surface area contributed by atoms with Gasteiger partial charge in [0.05, 0.1) is 6.61 Å². The molecule has 2 fully saturated rings. The third-order valence-corrected chi connectivity index (χ3v) is 8.19. The molecule has 2 aliphatic rings. The summed E-state index contributed by atoms with van der Waals surface area (Å²) in [6.45, 7) is 6.37. The van der Waals surface area contributed by atoms with E-state index in [2.05, 4.69) is 15.0 Å². The number of carbonyl (C=O) groups is 1. The summed E-state index contributed by atoms with van der Waals surface area (Å²) in [5.41, 5.74) is 0.808. The van der Waals surface area contributed by atoms with Crippen molar-refractivity contribution in [2.75, 3.05) is 66.0 Å². The molecule has 4 rings (SSSR count). The number of benzene rings is 1. The van der Waals surface area contributed by atoms with E-state index in [1.54, 1.807) is 9.21 Å². The largest absolute Gasteiger partial charge is 0.494 e. The molecule has 0 bridgehead atoms.